The third-order valence-electron chi connectivity index (χ3n) is 5.36. The van der Waals surface area contributed by atoms with Gasteiger partial charge in [-0.3, -0.25) is 9.59 Å². The smallest absolute Gasteiger partial charge is 0.355 e. The number of benzene rings is 1. The number of hydrazone groups is 1. The summed E-state index contributed by atoms with van der Waals surface area (Å²) in [6.07, 6.45) is 3.80. The Morgan fingerprint density at radius 2 is 1.89 bits per heavy atom. The summed E-state index contributed by atoms with van der Waals surface area (Å²) in [5, 5.41) is 8.38. The van der Waals surface area contributed by atoms with Crippen LogP contribution in [0.4, 0.5) is 5.69 Å². The van der Waals surface area contributed by atoms with Crippen molar-refractivity contribution in [2.24, 2.45) is 11.0 Å². The van der Waals surface area contributed by atoms with E-state index < -0.39 is 12.1 Å². The average Bonchev–Trinajstić information content (AvgIpc) is 2.70. The van der Waals surface area contributed by atoms with Gasteiger partial charge in [-0.25, -0.2) is 9.80 Å². The fourth-order valence-corrected chi connectivity index (χ4v) is 3.58. The highest BCUT2D eigenvalue weighted by atomic mass is 16.5. The van der Waals surface area contributed by atoms with Gasteiger partial charge in [0.25, 0.3) is 5.91 Å². The van der Waals surface area contributed by atoms with Gasteiger partial charge >= 0.3 is 5.97 Å². The molecule has 1 aromatic carbocycles. The average molecular weight is 385 g/mol. The first kappa shape index (κ1) is 20.0. The zero-order valence-electron chi connectivity index (χ0n) is 16.4. The van der Waals surface area contributed by atoms with Gasteiger partial charge in [-0.05, 0) is 37.8 Å². The van der Waals surface area contributed by atoms with Crippen molar-refractivity contribution in [3.05, 3.63) is 30.3 Å². The van der Waals surface area contributed by atoms with Gasteiger partial charge in [-0.1, -0.05) is 38.0 Å². The Hall–Kier alpha value is -2.70. The molecule has 7 heteroatoms. The Bertz CT molecular complexity index is 762. The molecule has 3 rings (SSSR count). The Morgan fingerprint density at radius 1 is 1.18 bits per heavy atom. The quantitative estimate of drug-likeness (QED) is 0.790. The molecular weight excluding hydrogens is 358 g/mol. The van der Waals surface area contributed by atoms with Gasteiger partial charge < -0.3 is 10.1 Å². The molecule has 150 valence electrons. The van der Waals surface area contributed by atoms with Crippen LogP contribution in [0.15, 0.2) is 35.4 Å². The molecule has 2 aliphatic rings. The monoisotopic (exact) mass is 385 g/mol. The van der Waals surface area contributed by atoms with Crippen LogP contribution < -0.4 is 10.3 Å². The van der Waals surface area contributed by atoms with Gasteiger partial charge in [0.2, 0.25) is 5.91 Å². The van der Waals surface area contributed by atoms with E-state index in [2.05, 4.69) is 17.3 Å². The molecule has 28 heavy (non-hydrogen) atoms. The zero-order chi connectivity index (χ0) is 20.1. The molecule has 0 spiro atoms. The van der Waals surface area contributed by atoms with Gasteiger partial charge in [-0.15, -0.1) is 0 Å². The normalized spacial score (nSPS) is 23.6. The van der Waals surface area contributed by atoms with Crippen LogP contribution >= 0.6 is 0 Å². The molecule has 0 saturated heterocycles. The first-order valence-electron chi connectivity index (χ1n) is 9.92. The highest BCUT2D eigenvalue weighted by Crippen LogP contribution is 2.24. The molecule has 1 heterocycles. The summed E-state index contributed by atoms with van der Waals surface area (Å²) in [6.45, 7) is 3.69. The van der Waals surface area contributed by atoms with Crippen LogP contribution in [0.5, 0.6) is 0 Å². The molecule has 1 fully saturated rings. The van der Waals surface area contributed by atoms with Crippen molar-refractivity contribution >= 4 is 29.2 Å². The van der Waals surface area contributed by atoms with Crippen LogP contribution in [0, 0.1) is 5.92 Å². The number of ether oxygens (including phenoxy) is 1. The number of nitrogens with one attached hydrogen (secondary N) is 1. The number of rotatable bonds is 5. The lowest BCUT2D eigenvalue weighted by molar-refractivity contribution is -0.149. The largest absolute Gasteiger partial charge is 0.448 e. The Labute approximate surface area is 165 Å². The van der Waals surface area contributed by atoms with Crippen molar-refractivity contribution < 1.29 is 19.1 Å². The highest BCUT2D eigenvalue weighted by molar-refractivity contribution is 6.38. The third kappa shape index (κ3) is 4.77. The third-order valence-corrected chi connectivity index (χ3v) is 5.36. The summed E-state index contributed by atoms with van der Waals surface area (Å²) in [5.74, 6) is -0.708. The highest BCUT2D eigenvalue weighted by Gasteiger charge is 2.30. The zero-order valence-corrected chi connectivity index (χ0v) is 16.4. The number of carbonyl (C=O) groups is 3. The predicted octanol–water partition coefficient (Wildman–Crippen LogP) is 2.80. The van der Waals surface area contributed by atoms with Crippen LogP contribution in [0.2, 0.25) is 0 Å². The van der Waals surface area contributed by atoms with Crippen LogP contribution in [0.3, 0.4) is 0 Å². The first-order chi connectivity index (χ1) is 13.5. The van der Waals surface area contributed by atoms with Crippen molar-refractivity contribution in [2.45, 2.75) is 64.5 Å². The predicted molar refractivity (Wildman–Crippen MR) is 106 cm³/mol. The molecule has 2 amide bonds. The Morgan fingerprint density at radius 3 is 2.61 bits per heavy atom. The van der Waals surface area contributed by atoms with Crippen molar-refractivity contribution in [3.63, 3.8) is 0 Å². The maximum Gasteiger partial charge on any atom is 0.355 e. The molecule has 3 atom stereocenters. The van der Waals surface area contributed by atoms with Gasteiger partial charge in [0, 0.05) is 18.9 Å². The van der Waals surface area contributed by atoms with E-state index in [0.29, 0.717) is 11.6 Å². The molecule has 0 bridgehead atoms. The first-order valence-corrected chi connectivity index (χ1v) is 9.92. The number of nitrogens with zero attached hydrogens (tertiary/aromatic N) is 2. The van der Waals surface area contributed by atoms with E-state index in [1.54, 1.807) is 31.2 Å². The van der Waals surface area contributed by atoms with Crippen LogP contribution in [0.1, 0.15) is 52.4 Å². The number of amides is 2. The molecule has 1 aliphatic carbocycles. The van der Waals surface area contributed by atoms with E-state index >= 15 is 0 Å². The summed E-state index contributed by atoms with van der Waals surface area (Å²) in [4.78, 5) is 37.1. The maximum absolute atomic E-state index is 12.5. The molecule has 7 nitrogen and oxygen atoms in total. The van der Waals surface area contributed by atoms with E-state index in [1.165, 1.54) is 11.4 Å². The number of esters is 1. The SMILES string of the molecule is C[C@@H](OC(=O)C1=NN(c2ccccc2)C(=O)CC1)C(=O)N[C@@H]1CCCC[C@@H]1C. The van der Waals surface area contributed by atoms with E-state index in [-0.39, 0.29) is 36.4 Å². The lowest BCUT2D eigenvalue weighted by Crippen LogP contribution is -2.46. The van der Waals surface area contributed by atoms with Crippen molar-refractivity contribution in [3.8, 4) is 0 Å². The topological polar surface area (TPSA) is 88.1 Å². The number of para-hydroxylation sites is 1. The minimum absolute atomic E-state index is 0.126. The van der Waals surface area contributed by atoms with Crippen LogP contribution in [-0.2, 0) is 19.1 Å². The lowest BCUT2D eigenvalue weighted by atomic mass is 9.86. The fourth-order valence-electron chi connectivity index (χ4n) is 3.58. The molecule has 0 aromatic heterocycles. The minimum Gasteiger partial charge on any atom is -0.448 e. The van der Waals surface area contributed by atoms with Crippen molar-refractivity contribution in [1.29, 1.82) is 0 Å². The second-order valence-electron chi connectivity index (χ2n) is 7.51. The standard InChI is InChI=1S/C21H27N3O4/c1-14-8-6-7-11-17(14)22-20(26)15(2)28-21(27)18-12-13-19(25)24(23-18)16-9-4-3-5-10-16/h3-5,9-10,14-15,17H,6-8,11-13H2,1-2H3,(H,22,26)/t14-,15+,17+/m0/s1. The van der Waals surface area contributed by atoms with Crippen molar-refractivity contribution in [2.75, 3.05) is 5.01 Å². The summed E-state index contributed by atoms with van der Waals surface area (Å²) < 4.78 is 5.33. The minimum atomic E-state index is -0.910. The van der Waals surface area contributed by atoms with Gasteiger partial charge in [-0.2, -0.15) is 5.10 Å². The number of anilines is 1. The molecule has 1 saturated carbocycles. The second-order valence-corrected chi connectivity index (χ2v) is 7.51. The van der Waals surface area contributed by atoms with E-state index in [0.717, 1.165) is 19.3 Å². The summed E-state index contributed by atoms with van der Waals surface area (Å²) in [5.41, 5.74) is 0.740. The Balaban J connectivity index is 1.61. The molecule has 0 unspecified atom stereocenters. The molecule has 1 aromatic rings. The molecular formula is C21H27N3O4. The fraction of sp³-hybridized carbons (Fsp3) is 0.524. The lowest BCUT2D eigenvalue weighted by Gasteiger charge is -2.30. The molecule has 1 aliphatic heterocycles. The van der Waals surface area contributed by atoms with Gasteiger partial charge in [0.1, 0.15) is 5.71 Å². The van der Waals surface area contributed by atoms with E-state index in [4.69, 9.17) is 4.74 Å². The van der Waals surface area contributed by atoms with E-state index in [9.17, 15) is 14.4 Å². The number of hydrogen-bond donors (Lipinski definition) is 1. The number of hydrogen-bond acceptors (Lipinski definition) is 5. The number of carbonyl (C=O) groups excluding carboxylic acids is 3. The van der Waals surface area contributed by atoms with Crippen molar-refractivity contribution in [1.82, 2.24) is 5.32 Å². The van der Waals surface area contributed by atoms with E-state index in [1.807, 2.05) is 6.07 Å². The van der Waals surface area contributed by atoms with Gasteiger partial charge in [0.15, 0.2) is 6.10 Å². The molecule has 1 N–H and O–H groups in total. The second kappa shape index (κ2) is 8.99. The summed E-state index contributed by atoms with van der Waals surface area (Å²) in [6, 6.07) is 9.05. The summed E-state index contributed by atoms with van der Waals surface area (Å²) in [7, 11) is 0. The summed E-state index contributed by atoms with van der Waals surface area (Å²) >= 11 is 0. The molecule has 0 radical (unpaired) electrons. The maximum atomic E-state index is 12.5. The Kier molecular flexibility index (Phi) is 6.44. The van der Waals surface area contributed by atoms with Crippen LogP contribution in [0.25, 0.3) is 0 Å². The van der Waals surface area contributed by atoms with Crippen LogP contribution in [-0.4, -0.2) is 35.6 Å². The van der Waals surface area contributed by atoms with Gasteiger partial charge in [0.05, 0.1) is 5.69 Å².